The second-order valence-corrected chi connectivity index (χ2v) is 3.34. The lowest BCUT2D eigenvalue weighted by Crippen LogP contribution is -2.29. The molecular formula is C5H13N2P. The van der Waals surface area contributed by atoms with Crippen LogP contribution in [-0.2, 0) is 0 Å². The Morgan fingerprint density at radius 3 is 2.38 bits per heavy atom. The predicted octanol–water partition coefficient (Wildman–Crippen LogP) is 0.291. The Kier molecular flexibility index (Phi) is 2.74. The molecule has 0 radical (unpaired) electrons. The molecule has 1 fully saturated rings. The zero-order valence-corrected chi connectivity index (χ0v) is 5.98. The summed E-state index contributed by atoms with van der Waals surface area (Å²) < 4.78 is 0. The lowest BCUT2D eigenvalue weighted by atomic mass is 10.2. The minimum atomic E-state index is 0.667. The topological polar surface area (TPSA) is 38.0 Å². The molecule has 1 saturated heterocycles. The summed E-state index contributed by atoms with van der Waals surface area (Å²) in [7, 11) is 0.667. The van der Waals surface area contributed by atoms with Crippen LogP contribution in [0.4, 0.5) is 0 Å². The summed E-state index contributed by atoms with van der Waals surface area (Å²) >= 11 is 0. The van der Waals surface area contributed by atoms with E-state index in [0.29, 0.717) is 8.73 Å². The summed E-state index contributed by atoms with van der Waals surface area (Å²) in [6, 6.07) is 0. The highest BCUT2D eigenvalue weighted by atomic mass is 31.1. The van der Waals surface area contributed by atoms with Crippen LogP contribution in [0.3, 0.4) is 0 Å². The van der Waals surface area contributed by atoms with E-state index in [4.69, 9.17) is 5.50 Å². The van der Waals surface area contributed by atoms with Crippen molar-refractivity contribution in [2.75, 3.05) is 13.1 Å². The molecule has 3 N–H and O–H groups in total. The summed E-state index contributed by atoms with van der Waals surface area (Å²) in [6.45, 7) is 2.35. The van der Waals surface area contributed by atoms with Crippen LogP contribution in [-0.4, -0.2) is 18.7 Å². The SMILES string of the molecule is NPC1CCNCC1. The van der Waals surface area contributed by atoms with Crippen LogP contribution < -0.4 is 10.8 Å². The first-order chi connectivity index (χ1) is 3.93. The monoisotopic (exact) mass is 132 g/mol. The number of hydrogen-bond acceptors (Lipinski definition) is 2. The van der Waals surface area contributed by atoms with Crippen LogP contribution in [0.5, 0.6) is 0 Å². The molecule has 3 heteroatoms. The largest absolute Gasteiger partial charge is 0.317 e. The van der Waals surface area contributed by atoms with E-state index in [1.165, 1.54) is 25.9 Å². The van der Waals surface area contributed by atoms with E-state index in [1.807, 2.05) is 0 Å². The highest BCUT2D eigenvalue weighted by Crippen LogP contribution is 2.18. The van der Waals surface area contributed by atoms with Crippen molar-refractivity contribution in [1.29, 1.82) is 0 Å². The van der Waals surface area contributed by atoms with Crippen LogP contribution in [0.25, 0.3) is 0 Å². The smallest absolute Gasteiger partial charge is 0.00425 e. The molecular weight excluding hydrogens is 119 g/mol. The fourth-order valence-corrected chi connectivity index (χ4v) is 1.61. The van der Waals surface area contributed by atoms with E-state index in [9.17, 15) is 0 Å². The molecule has 1 rings (SSSR count). The third kappa shape index (κ3) is 1.70. The van der Waals surface area contributed by atoms with Crippen molar-refractivity contribution in [1.82, 2.24) is 5.32 Å². The number of hydrogen-bond donors (Lipinski definition) is 2. The van der Waals surface area contributed by atoms with Gasteiger partial charge in [0.05, 0.1) is 0 Å². The number of piperidine rings is 1. The van der Waals surface area contributed by atoms with E-state index >= 15 is 0 Å². The summed E-state index contributed by atoms with van der Waals surface area (Å²) in [6.07, 6.45) is 2.57. The van der Waals surface area contributed by atoms with E-state index in [2.05, 4.69) is 5.32 Å². The maximum absolute atomic E-state index is 5.50. The third-order valence-electron chi connectivity index (χ3n) is 1.57. The van der Waals surface area contributed by atoms with Gasteiger partial charge in [-0.15, -0.1) is 0 Å². The first kappa shape index (κ1) is 6.47. The highest BCUT2D eigenvalue weighted by molar-refractivity contribution is 7.36. The first-order valence-corrected chi connectivity index (χ1v) is 4.26. The van der Waals surface area contributed by atoms with Crippen molar-refractivity contribution in [3.05, 3.63) is 0 Å². The molecule has 0 bridgehead atoms. The summed E-state index contributed by atoms with van der Waals surface area (Å²) in [5, 5.41) is 3.30. The van der Waals surface area contributed by atoms with Gasteiger partial charge in [0.2, 0.25) is 0 Å². The molecule has 1 unspecified atom stereocenters. The van der Waals surface area contributed by atoms with Crippen molar-refractivity contribution < 1.29 is 0 Å². The van der Waals surface area contributed by atoms with Crippen LogP contribution in [0.15, 0.2) is 0 Å². The molecule has 1 aliphatic rings. The maximum Gasteiger partial charge on any atom is -0.00425 e. The van der Waals surface area contributed by atoms with Crippen molar-refractivity contribution in [2.24, 2.45) is 5.50 Å². The predicted molar refractivity (Wildman–Crippen MR) is 38.4 cm³/mol. The van der Waals surface area contributed by atoms with Crippen LogP contribution in [0.2, 0.25) is 0 Å². The second kappa shape index (κ2) is 3.39. The molecule has 1 aliphatic heterocycles. The third-order valence-corrected chi connectivity index (χ3v) is 2.62. The van der Waals surface area contributed by atoms with E-state index in [0.717, 1.165) is 5.66 Å². The van der Waals surface area contributed by atoms with Gasteiger partial charge in [-0.1, -0.05) is 8.73 Å². The maximum atomic E-state index is 5.50. The van der Waals surface area contributed by atoms with Crippen molar-refractivity contribution >= 4 is 8.73 Å². The van der Waals surface area contributed by atoms with Gasteiger partial charge in [-0.05, 0) is 31.6 Å². The minimum absolute atomic E-state index is 0.667. The quantitative estimate of drug-likeness (QED) is 0.503. The molecule has 0 aromatic heterocycles. The van der Waals surface area contributed by atoms with Gasteiger partial charge >= 0.3 is 0 Å². The average Bonchev–Trinajstić information content (AvgIpc) is 1.90. The molecule has 1 atom stereocenters. The number of nitrogens with two attached hydrogens (primary N) is 1. The Morgan fingerprint density at radius 1 is 1.38 bits per heavy atom. The average molecular weight is 132 g/mol. The molecule has 0 amide bonds. The standard InChI is InChI=1S/C5H13N2P/c6-8-5-1-3-7-4-2-5/h5,7-8H,1-4,6H2. The van der Waals surface area contributed by atoms with Gasteiger partial charge in [0.1, 0.15) is 0 Å². The molecule has 8 heavy (non-hydrogen) atoms. The van der Waals surface area contributed by atoms with Gasteiger partial charge < -0.3 is 10.8 Å². The zero-order chi connectivity index (χ0) is 5.82. The normalized spacial score (nSPS) is 25.1. The molecule has 1 heterocycles. The van der Waals surface area contributed by atoms with Crippen LogP contribution >= 0.6 is 8.73 Å². The minimum Gasteiger partial charge on any atom is -0.317 e. The second-order valence-electron chi connectivity index (χ2n) is 2.19. The lowest BCUT2D eigenvalue weighted by Gasteiger charge is -2.19. The van der Waals surface area contributed by atoms with Gasteiger partial charge in [0.15, 0.2) is 0 Å². The highest BCUT2D eigenvalue weighted by Gasteiger charge is 2.09. The van der Waals surface area contributed by atoms with Crippen molar-refractivity contribution in [3.63, 3.8) is 0 Å². The van der Waals surface area contributed by atoms with Crippen LogP contribution in [0.1, 0.15) is 12.8 Å². The molecule has 0 spiro atoms. The molecule has 48 valence electrons. The number of nitrogens with one attached hydrogen (secondary N) is 1. The Balaban J connectivity index is 2.13. The summed E-state index contributed by atoms with van der Waals surface area (Å²) in [5.41, 5.74) is 6.33. The fraction of sp³-hybridized carbons (Fsp3) is 1.00. The molecule has 0 aliphatic carbocycles. The fourth-order valence-electron chi connectivity index (χ4n) is 0.989. The Hall–Kier alpha value is 0.350. The first-order valence-electron chi connectivity index (χ1n) is 3.10. The Morgan fingerprint density at radius 2 is 2.00 bits per heavy atom. The summed E-state index contributed by atoms with van der Waals surface area (Å²) in [5.74, 6) is 0. The molecule has 2 nitrogen and oxygen atoms in total. The van der Waals surface area contributed by atoms with Gasteiger partial charge in [0, 0.05) is 0 Å². The Labute approximate surface area is 52.1 Å². The lowest BCUT2D eigenvalue weighted by molar-refractivity contribution is 0.529. The van der Waals surface area contributed by atoms with Gasteiger partial charge in [0.25, 0.3) is 0 Å². The summed E-state index contributed by atoms with van der Waals surface area (Å²) in [4.78, 5) is 0. The van der Waals surface area contributed by atoms with Gasteiger partial charge in [-0.2, -0.15) is 0 Å². The van der Waals surface area contributed by atoms with Crippen LogP contribution in [0, 0.1) is 0 Å². The zero-order valence-electron chi connectivity index (χ0n) is 4.98. The van der Waals surface area contributed by atoms with E-state index in [-0.39, 0.29) is 0 Å². The number of rotatable bonds is 1. The van der Waals surface area contributed by atoms with Crippen molar-refractivity contribution in [3.8, 4) is 0 Å². The molecule has 0 aromatic carbocycles. The van der Waals surface area contributed by atoms with Gasteiger partial charge in [-0.25, -0.2) is 0 Å². The van der Waals surface area contributed by atoms with E-state index in [1.54, 1.807) is 0 Å². The molecule has 0 saturated carbocycles. The molecule has 0 aromatic rings. The van der Waals surface area contributed by atoms with Crippen molar-refractivity contribution in [2.45, 2.75) is 18.5 Å². The van der Waals surface area contributed by atoms with Gasteiger partial charge in [-0.3, -0.25) is 0 Å². The Bertz CT molecular complexity index is 61.4. The van der Waals surface area contributed by atoms with E-state index < -0.39 is 0 Å².